The number of nitrogens with one attached hydrogen (secondary N) is 2. The van der Waals surface area contributed by atoms with Crippen LogP contribution in [0.5, 0.6) is 5.75 Å². The molecule has 1 saturated carbocycles. The quantitative estimate of drug-likeness (QED) is 0.439. The molecule has 0 bridgehead atoms. The summed E-state index contributed by atoms with van der Waals surface area (Å²) in [5.74, 6) is 1.36. The Morgan fingerprint density at radius 1 is 1.13 bits per heavy atom. The van der Waals surface area contributed by atoms with Crippen LogP contribution in [-0.4, -0.2) is 27.0 Å². The van der Waals surface area contributed by atoms with Gasteiger partial charge in [0, 0.05) is 17.1 Å². The minimum atomic E-state index is -0.219. The van der Waals surface area contributed by atoms with Crippen molar-refractivity contribution < 1.29 is 9.53 Å². The van der Waals surface area contributed by atoms with Crippen LogP contribution in [0.1, 0.15) is 42.5 Å². The van der Waals surface area contributed by atoms with E-state index in [-0.39, 0.29) is 5.91 Å². The van der Waals surface area contributed by atoms with E-state index in [2.05, 4.69) is 15.3 Å². The second-order valence-electron chi connectivity index (χ2n) is 7.48. The number of fused-ring (bicyclic) bond motifs is 1. The van der Waals surface area contributed by atoms with E-state index < -0.39 is 0 Å². The number of carbonyl (C=O) groups excluding carboxylic acids is 1. The maximum Gasteiger partial charge on any atom is 0.259 e. The number of ether oxygens (including phenoxy) is 1. The van der Waals surface area contributed by atoms with E-state index in [0.717, 1.165) is 29.7 Å². The fraction of sp³-hybridized carbons (Fsp3) is 0.261. The molecule has 2 N–H and O–H groups in total. The first-order valence-electron chi connectivity index (χ1n) is 10.2. The largest absolute Gasteiger partial charge is 0.490 e. The first-order chi connectivity index (χ1) is 14.8. The molecule has 6 nitrogen and oxygen atoms in total. The predicted molar refractivity (Wildman–Crippen MR) is 119 cm³/mol. The summed E-state index contributed by atoms with van der Waals surface area (Å²) in [4.78, 5) is 24.9. The Bertz CT molecular complexity index is 1160. The number of hydrogen-bond donors (Lipinski definition) is 2. The summed E-state index contributed by atoms with van der Waals surface area (Å²) in [5.41, 5.74) is 2.90. The smallest absolute Gasteiger partial charge is 0.259 e. The van der Waals surface area contributed by atoms with Gasteiger partial charge in [-0.15, -0.1) is 11.3 Å². The molecule has 7 heteroatoms. The highest BCUT2D eigenvalue weighted by molar-refractivity contribution is 7.13. The average Bonchev–Trinajstić information content (AvgIpc) is 3.44. The second kappa shape index (κ2) is 8.28. The van der Waals surface area contributed by atoms with Gasteiger partial charge >= 0.3 is 0 Å². The molecule has 5 rings (SSSR count). The first kappa shape index (κ1) is 18.8. The Labute approximate surface area is 178 Å². The molecule has 1 amide bonds. The number of benzene rings is 2. The number of amides is 1. The van der Waals surface area contributed by atoms with Crippen LogP contribution in [0.2, 0.25) is 0 Å². The van der Waals surface area contributed by atoms with Crippen molar-refractivity contribution in [2.75, 3.05) is 5.32 Å². The van der Waals surface area contributed by atoms with Gasteiger partial charge in [0.1, 0.15) is 17.1 Å². The summed E-state index contributed by atoms with van der Waals surface area (Å²) < 4.78 is 6.20. The standard InChI is InChI=1S/C23H22N4O2S/c28-22(27-23-24-12-13-30-23)18-10-5-11-19-20(18)26-21(25-19)15-6-4-9-17(14-15)29-16-7-2-1-3-8-16/h4-6,9-14,16H,1-3,7-8H2,(H,25,26)(H,24,27,28). The van der Waals surface area contributed by atoms with Crippen LogP contribution in [0.3, 0.4) is 0 Å². The number of H-pyrrole nitrogens is 1. The molecule has 4 aromatic rings. The molecule has 2 aromatic carbocycles. The lowest BCUT2D eigenvalue weighted by molar-refractivity contribution is 0.102. The number of nitrogens with zero attached hydrogens (tertiary/aromatic N) is 2. The number of aromatic amines is 1. The van der Waals surface area contributed by atoms with Gasteiger partial charge in [0.15, 0.2) is 5.13 Å². The number of anilines is 1. The molecular formula is C23H22N4O2S. The van der Waals surface area contributed by atoms with Gasteiger partial charge in [0.25, 0.3) is 5.91 Å². The third-order valence-electron chi connectivity index (χ3n) is 5.37. The number of aromatic nitrogens is 3. The zero-order valence-corrected chi connectivity index (χ0v) is 17.2. The van der Waals surface area contributed by atoms with Crippen molar-refractivity contribution in [2.45, 2.75) is 38.2 Å². The molecule has 2 aromatic heterocycles. The highest BCUT2D eigenvalue weighted by Gasteiger charge is 2.17. The third kappa shape index (κ3) is 3.93. The molecule has 2 heterocycles. The molecule has 0 aliphatic heterocycles. The molecular weight excluding hydrogens is 396 g/mol. The lowest BCUT2D eigenvalue weighted by Gasteiger charge is -2.23. The van der Waals surface area contributed by atoms with E-state index in [4.69, 9.17) is 9.72 Å². The molecule has 0 spiro atoms. The van der Waals surface area contributed by atoms with Gasteiger partial charge < -0.3 is 9.72 Å². The normalized spacial score (nSPS) is 14.7. The number of carbonyl (C=O) groups is 1. The minimum Gasteiger partial charge on any atom is -0.490 e. The van der Waals surface area contributed by atoms with Gasteiger partial charge in [0.2, 0.25) is 0 Å². The average molecular weight is 419 g/mol. The zero-order valence-electron chi connectivity index (χ0n) is 16.4. The number of rotatable bonds is 5. The van der Waals surface area contributed by atoms with Crippen LogP contribution in [0.25, 0.3) is 22.4 Å². The summed E-state index contributed by atoms with van der Waals surface area (Å²) >= 11 is 1.38. The summed E-state index contributed by atoms with van der Waals surface area (Å²) in [6.07, 6.45) is 7.97. The summed E-state index contributed by atoms with van der Waals surface area (Å²) in [6, 6.07) is 13.5. The lowest BCUT2D eigenvalue weighted by atomic mass is 9.98. The van der Waals surface area contributed by atoms with Gasteiger partial charge in [-0.05, 0) is 49.9 Å². The topological polar surface area (TPSA) is 79.9 Å². The van der Waals surface area contributed by atoms with Crippen LogP contribution in [0, 0.1) is 0 Å². The Morgan fingerprint density at radius 2 is 2.00 bits per heavy atom. The molecule has 0 unspecified atom stereocenters. The van der Waals surface area contributed by atoms with Crippen molar-refractivity contribution in [1.82, 2.24) is 15.0 Å². The maximum absolute atomic E-state index is 12.7. The summed E-state index contributed by atoms with van der Waals surface area (Å²) in [7, 11) is 0. The molecule has 152 valence electrons. The van der Waals surface area contributed by atoms with Crippen molar-refractivity contribution in [2.24, 2.45) is 0 Å². The van der Waals surface area contributed by atoms with Crippen molar-refractivity contribution in [3.63, 3.8) is 0 Å². The molecule has 1 aliphatic rings. The van der Waals surface area contributed by atoms with Crippen molar-refractivity contribution in [3.8, 4) is 17.1 Å². The fourth-order valence-electron chi connectivity index (χ4n) is 3.89. The van der Waals surface area contributed by atoms with Crippen molar-refractivity contribution in [1.29, 1.82) is 0 Å². The van der Waals surface area contributed by atoms with Crippen molar-refractivity contribution in [3.05, 3.63) is 59.6 Å². The van der Waals surface area contributed by atoms with Gasteiger partial charge in [-0.3, -0.25) is 10.1 Å². The predicted octanol–water partition coefficient (Wildman–Crippen LogP) is 5.65. The fourth-order valence-corrected chi connectivity index (χ4v) is 4.42. The molecule has 30 heavy (non-hydrogen) atoms. The second-order valence-corrected chi connectivity index (χ2v) is 8.38. The number of para-hydroxylation sites is 1. The molecule has 1 aliphatic carbocycles. The highest BCUT2D eigenvalue weighted by Crippen LogP contribution is 2.28. The number of imidazole rings is 1. The van der Waals surface area contributed by atoms with Gasteiger partial charge in [-0.25, -0.2) is 9.97 Å². The summed E-state index contributed by atoms with van der Waals surface area (Å²) in [6.45, 7) is 0. The molecule has 1 fully saturated rings. The molecule has 0 saturated heterocycles. The minimum absolute atomic E-state index is 0.219. The monoisotopic (exact) mass is 418 g/mol. The Hall–Kier alpha value is -3.19. The summed E-state index contributed by atoms with van der Waals surface area (Å²) in [5, 5.41) is 5.22. The van der Waals surface area contributed by atoms with Crippen LogP contribution < -0.4 is 10.1 Å². The third-order valence-corrected chi connectivity index (χ3v) is 6.06. The molecule has 0 radical (unpaired) electrons. The lowest BCUT2D eigenvalue weighted by Crippen LogP contribution is -2.19. The van der Waals surface area contributed by atoms with E-state index in [0.29, 0.717) is 28.1 Å². The van der Waals surface area contributed by atoms with E-state index in [1.54, 1.807) is 12.3 Å². The zero-order chi connectivity index (χ0) is 20.3. The van der Waals surface area contributed by atoms with Gasteiger partial charge in [-0.2, -0.15) is 0 Å². The van der Waals surface area contributed by atoms with Crippen LogP contribution >= 0.6 is 11.3 Å². The SMILES string of the molecule is O=C(Nc1nccs1)c1cccc2[nH]c(-c3cccc(OC4CCCCC4)c3)nc12. The van der Waals surface area contributed by atoms with E-state index in [1.165, 1.54) is 30.6 Å². The highest BCUT2D eigenvalue weighted by atomic mass is 32.1. The molecule has 0 atom stereocenters. The Morgan fingerprint density at radius 3 is 2.83 bits per heavy atom. The Kier molecular flexibility index (Phi) is 5.19. The number of thiazole rings is 1. The maximum atomic E-state index is 12.7. The van der Waals surface area contributed by atoms with E-state index in [1.807, 2.05) is 41.8 Å². The van der Waals surface area contributed by atoms with Gasteiger partial charge in [-0.1, -0.05) is 24.6 Å². The Balaban J connectivity index is 1.42. The first-order valence-corrected chi connectivity index (χ1v) is 11.1. The van der Waals surface area contributed by atoms with Crippen LogP contribution in [0.4, 0.5) is 5.13 Å². The van der Waals surface area contributed by atoms with Crippen LogP contribution in [0.15, 0.2) is 54.0 Å². The number of hydrogen-bond acceptors (Lipinski definition) is 5. The van der Waals surface area contributed by atoms with Gasteiger partial charge in [0.05, 0.1) is 17.2 Å². The van der Waals surface area contributed by atoms with E-state index >= 15 is 0 Å². The van der Waals surface area contributed by atoms with E-state index in [9.17, 15) is 4.79 Å². The van der Waals surface area contributed by atoms with Crippen molar-refractivity contribution >= 4 is 33.4 Å². The van der Waals surface area contributed by atoms with Crippen LogP contribution in [-0.2, 0) is 0 Å².